The van der Waals surface area contributed by atoms with E-state index in [2.05, 4.69) is 14.9 Å². The SMILES string of the molecule is CC1CN(c2ncnc3cc(Cl)c(-c4ccc(Cl)cc4)cc23)CCN1C(N)=O. The predicted octanol–water partition coefficient (Wildman–Crippen LogP) is 4.19. The summed E-state index contributed by atoms with van der Waals surface area (Å²) in [7, 11) is 0. The number of primary amides is 1. The molecule has 28 heavy (non-hydrogen) atoms. The molecule has 0 radical (unpaired) electrons. The summed E-state index contributed by atoms with van der Waals surface area (Å²) < 4.78 is 0. The molecular weight excluding hydrogens is 397 g/mol. The summed E-state index contributed by atoms with van der Waals surface area (Å²) in [6, 6.07) is 11.0. The molecule has 0 aliphatic carbocycles. The number of carbonyl (C=O) groups is 1. The molecule has 0 saturated carbocycles. The average molecular weight is 416 g/mol. The molecule has 1 fully saturated rings. The Morgan fingerprint density at radius 2 is 1.89 bits per heavy atom. The van der Waals surface area contributed by atoms with E-state index in [1.54, 1.807) is 11.2 Å². The van der Waals surface area contributed by atoms with Gasteiger partial charge in [-0.1, -0.05) is 35.3 Å². The summed E-state index contributed by atoms with van der Waals surface area (Å²) in [6.07, 6.45) is 1.54. The lowest BCUT2D eigenvalue weighted by atomic mass is 10.0. The summed E-state index contributed by atoms with van der Waals surface area (Å²) in [4.78, 5) is 24.3. The zero-order valence-electron chi connectivity index (χ0n) is 15.3. The topological polar surface area (TPSA) is 75.3 Å². The average Bonchev–Trinajstić information content (AvgIpc) is 2.67. The van der Waals surface area contributed by atoms with Crippen LogP contribution in [0.4, 0.5) is 10.6 Å². The standard InChI is InChI=1S/C20H19Cl2N5O/c1-12-10-26(6-7-27(12)20(23)28)19-16-8-15(13-2-4-14(21)5-3-13)17(22)9-18(16)24-11-25-19/h2-5,8-9,11-12H,6-7,10H2,1H3,(H2,23,28). The number of nitrogens with zero attached hydrogens (tertiary/aromatic N) is 4. The van der Waals surface area contributed by atoms with Crippen molar-refractivity contribution in [2.75, 3.05) is 24.5 Å². The second kappa shape index (κ2) is 7.45. The number of hydrogen-bond donors (Lipinski definition) is 1. The quantitative estimate of drug-likeness (QED) is 0.680. The van der Waals surface area contributed by atoms with Gasteiger partial charge in [0.25, 0.3) is 0 Å². The Labute approximate surface area is 172 Å². The van der Waals surface area contributed by atoms with Crippen LogP contribution < -0.4 is 10.6 Å². The number of hydrogen-bond acceptors (Lipinski definition) is 4. The highest BCUT2D eigenvalue weighted by Gasteiger charge is 2.27. The van der Waals surface area contributed by atoms with Gasteiger partial charge >= 0.3 is 6.03 Å². The smallest absolute Gasteiger partial charge is 0.315 e. The van der Waals surface area contributed by atoms with Gasteiger partial charge in [0.15, 0.2) is 0 Å². The highest BCUT2D eigenvalue weighted by atomic mass is 35.5. The molecule has 2 amide bonds. The van der Waals surface area contributed by atoms with Gasteiger partial charge in [0.2, 0.25) is 0 Å². The van der Waals surface area contributed by atoms with Crippen LogP contribution in [0.5, 0.6) is 0 Å². The molecule has 6 nitrogen and oxygen atoms in total. The second-order valence-electron chi connectivity index (χ2n) is 6.88. The minimum Gasteiger partial charge on any atom is -0.352 e. The fourth-order valence-electron chi connectivity index (χ4n) is 3.64. The molecule has 0 bridgehead atoms. The lowest BCUT2D eigenvalue weighted by Crippen LogP contribution is -2.55. The number of carbonyl (C=O) groups excluding carboxylic acids is 1. The number of halogens is 2. The maximum Gasteiger partial charge on any atom is 0.315 e. The Morgan fingerprint density at radius 3 is 2.57 bits per heavy atom. The van der Waals surface area contributed by atoms with Crippen molar-refractivity contribution in [1.29, 1.82) is 0 Å². The first kappa shape index (κ1) is 18.8. The van der Waals surface area contributed by atoms with E-state index in [0.29, 0.717) is 29.7 Å². The predicted molar refractivity (Wildman–Crippen MR) is 113 cm³/mol. The molecule has 1 saturated heterocycles. The summed E-state index contributed by atoms with van der Waals surface area (Å²) in [6.45, 7) is 3.84. The van der Waals surface area contributed by atoms with Crippen molar-refractivity contribution >= 4 is 46.0 Å². The third kappa shape index (κ3) is 3.45. The Morgan fingerprint density at radius 1 is 1.14 bits per heavy atom. The van der Waals surface area contributed by atoms with E-state index < -0.39 is 6.03 Å². The van der Waals surface area contributed by atoms with Crippen LogP contribution in [0, 0.1) is 0 Å². The number of anilines is 1. The van der Waals surface area contributed by atoms with Crippen molar-refractivity contribution in [3.05, 3.63) is 52.8 Å². The lowest BCUT2D eigenvalue weighted by Gasteiger charge is -2.39. The van der Waals surface area contributed by atoms with Crippen molar-refractivity contribution in [1.82, 2.24) is 14.9 Å². The number of urea groups is 1. The number of nitrogens with two attached hydrogens (primary N) is 1. The molecule has 2 aromatic carbocycles. The lowest BCUT2D eigenvalue weighted by molar-refractivity contribution is 0.180. The summed E-state index contributed by atoms with van der Waals surface area (Å²) in [5, 5.41) is 2.20. The zero-order valence-corrected chi connectivity index (χ0v) is 16.8. The molecule has 2 N–H and O–H groups in total. The number of piperazine rings is 1. The fourth-order valence-corrected chi connectivity index (χ4v) is 4.04. The van der Waals surface area contributed by atoms with Gasteiger partial charge in [0, 0.05) is 41.6 Å². The van der Waals surface area contributed by atoms with Crippen LogP contribution in [-0.2, 0) is 0 Å². The Balaban J connectivity index is 1.76. The first-order valence-electron chi connectivity index (χ1n) is 8.95. The van der Waals surface area contributed by atoms with E-state index in [9.17, 15) is 4.79 Å². The molecule has 1 unspecified atom stereocenters. The highest BCUT2D eigenvalue weighted by Crippen LogP contribution is 2.35. The highest BCUT2D eigenvalue weighted by molar-refractivity contribution is 6.34. The first-order valence-corrected chi connectivity index (χ1v) is 9.71. The molecule has 4 rings (SSSR count). The van der Waals surface area contributed by atoms with Crippen molar-refractivity contribution in [3.8, 4) is 11.1 Å². The van der Waals surface area contributed by atoms with Gasteiger partial charge < -0.3 is 15.5 Å². The molecule has 1 aliphatic heterocycles. The second-order valence-corrected chi connectivity index (χ2v) is 7.72. The van der Waals surface area contributed by atoms with Crippen LogP contribution in [0.25, 0.3) is 22.0 Å². The summed E-state index contributed by atoms with van der Waals surface area (Å²) in [5.41, 5.74) is 8.10. The van der Waals surface area contributed by atoms with Crippen molar-refractivity contribution < 1.29 is 4.79 Å². The molecule has 3 aromatic rings. The van der Waals surface area contributed by atoms with Gasteiger partial charge in [-0.3, -0.25) is 0 Å². The van der Waals surface area contributed by atoms with Crippen LogP contribution in [0.2, 0.25) is 10.0 Å². The van der Waals surface area contributed by atoms with Gasteiger partial charge in [-0.25, -0.2) is 14.8 Å². The molecule has 2 heterocycles. The van der Waals surface area contributed by atoms with E-state index in [0.717, 1.165) is 27.8 Å². The van der Waals surface area contributed by atoms with Crippen LogP contribution in [0.3, 0.4) is 0 Å². The first-order chi connectivity index (χ1) is 13.4. The summed E-state index contributed by atoms with van der Waals surface area (Å²) in [5.74, 6) is 0.827. The van der Waals surface area contributed by atoms with Crippen LogP contribution in [0.1, 0.15) is 6.92 Å². The fraction of sp³-hybridized carbons (Fsp3) is 0.250. The Bertz CT molecular complexity index is 1040. The maximum atomic E-state index is 11.6. The van der Waals surface area contributed by atoms with E-state index >= 15 is 0 Å². The van der Waals surface area contributed by atoms with Gasteiger partial charge in [-0.2, -0.15) is 0 Å². The van der Waals surface area contributed by atoms with E-state index in [-0.39, 0.29) is 6.04 Å². The number of rotatable bonds is 2. The van der Waals surface area contributed by atoms with Gasteiger partial charge in [0.1, 0.15) is 12.1 Å². The third-order valence-electron chi connectivity index (χ3n) is 5.07. The molecule has 1 atom stereocenters. The molecule has 1 aromatic heterocycles. The Kier molecular flexibility index (Phi) is 5.00. The summed E-state index contributed by atoms with van der Waals surface area (Å²) >= 11 is 12.5. The maximum absolute atomic E-state index is 11.6. The number of benzene rings is 2. The van der Waals surface area contributed by atoms with Crippen LogP contribution >= 0.6 is 23.2 Å². The molecular formula is C20H19Cl2N5O. The molecule has 1 aliphatic rings. The van der Waals surface area contributed by atoms with Crippen LogP contribution in [0.15, 0.2) is 42.7 Å². The van der Waals surface area contributed by atoms with Crippen molar-refractivity contribution in [3.63, 3.8) is 0 Å². The van der Waals surface area contributed by atoms with E-state index in [1.165, 1.54) is 0 Å². The largest absolute Gasteiger partial charge is 0.352 e. The minimum atomic E-state index is -0.392. The normalized spacial score (nSPS) is 17.2. The third-order valence-corrected chi connectivity index (χ3v) is 5.63. The van der Waals surface area contributed by atoms with Gasteiger partial charge in [-0.05, 0) is 36.8 Å². The zero-order chi connectivity index (χ0) is 19.8. The molecule has 0 spiro atoms. The number of amides is 2. The van der Waals surface area contributed by atoms with Crippen molar-refractivity contribution in [2.24, 2.45) is 5.73 Å². The van der Waals surface area contributed by atoms with Crippen molar-refractivity contribution in [2.45, 2.75) is 13.0 Å². The van der Waals surface area contributed by atoms with E-state index in [1.807, 2.05) is 43.3 Å². The van der Waals surface area contributed by atoms with Crippen LogP contribution in [-0.4, -0.2) is 46.6 Å². The minimum absolute atomic E-state index is 0.000647. The molecule has 8 heteroatoms. The Hall–Kier alpha value is -2.57. The molecule has 144 valence electrons. The van der Waals surface area contributed by atoms with Gasteiger partial charge in [-0.15, -0.1) is 0 Å². The monoisotopic (exact) mass is 415 g/mol. The number of aromatic nitrogens is 2. The van der Waals surface area contributed by atoms with E-state index in [4.69, 9.17) is 28.9 Å². The van der Waals surface area contributed by atoms with Gasteiger partial charge in [0.05, 0.1) is 10.5 Å². The number of fused-ring (bicyclic) bond motifs is 1.